The summed E-state index contributed by atoms with van der Waals surface area (Å²) in [5, 5.41) is 2.91. The van der Waals surface area contributed by atoms with Crippen LogP contribution in [0.15, 0.2) is 48.3 Å². The summed E-state index contributed by atoms with van der Waals surface area (Å²) in [6.07, 6.45) is 11.9. The van der Waals surface area contributed by atoms with E-state index in [-0.39, 0.29) is 23.8 Å². The molecular formula is C22H31N3O3. The maximum absolute atomic E-state index is 13.4. The molecule has 0 radical (unpaired) electrons. The highest BCUT2D eigenvalue weighted by molar-refractivity contribution is 5.89. The Morgan fingerprint density at radius 3 is 2.75 bits per heavy atom. The van der Waals surface area contributed by atoms with E-state index in [0.717, 1.165) is 50.8 Å². The van der Waals surface area contributed by atoms with Crippen LogP contribution in [0.4, 0.5) is 0 Å². The van der Waals surface area contributed by atoms with Gasteiger partial charge in [0.15, 0.2) is 0 Å². The van der Waals surface area contributed by atoms with Gasteiger partial charge in [0.05, 0.1) is 25.0 Å². The van der Waals surface area contributed by atoms with Gasteiger partial charge in [0, 0.05) is 37.3 Å². The van der Waals surface area contributed by atoms with Gasteiger partial charge in [-0.2, -0.15) is 0 Å². The molecule has 1 atom stereocenters. The molecule has 152 valence electrons. The van der Waals surface area contributed by atoms with Crippen molar-refractivity contribution >= 4 is 11.8 Å². The summed E-state index contributed by atoms with van der Waals surface area (Å²) in [5.41, 5.74) is 0.761. The molecule has 0 aliphatic carbocycles. The van der Waals surface area contributed by atoms with Crippen LogP contribution in [0.3, 0.4) is 0 Å². The summed E-state index contributed by atoms with van der Waals surface area (Å²) < 4.78 is 5.15. The van der Waals surface area contributed by atoms with E-state index in [4.69, 9.17) is 4.42 Å². The van der Waals surface area contributed by atoms with Gasteiger partial charge in [-0.15, -0.1) is 13.2 Å². The molecule has 0 saturated carbocycles. The highest BCUT2D eigenvalue weighted by Gasteiger charge is 2.41. The molecule has 0 spiro atoms. The van der Waals surface area contributed by atoms with Crippen LogP contribution in [0.1, 0.15) is 44.1 Å². The number of likely N-dealkylation sites (tertiary alicyclic amines) is 1. The maximum Gasteiger partial charge on any atom is 0.237 e. The summed E-state index contributed by atoms with van der Waals surface area (Å²) in [4.78, 5) is 30.0. The lowest BCUT2D eigenvalue weighted by Gasteiger charge is -2.47. The molecule has 3 heterocycles. The van der Waals surface area contributed by atoms with E-state index in [0.29, 0.717) is 13.1 Å². The zero-order valence-electron chi connectivity index (χ0n) is 16.6. The zero-order valence-corrected chi connectivity index (χ0v) is 16.6. The van der Waals surface area contributed by atoms with Gasteiger partial charge in [0.1, 0.15) is 0 Å². The average molecular weight is 386 g/mol. The molecule has 6 heteroatoms. The first-order chi connectivity index (χ1) is 13.6. The van der Waals surface area contributed by atoms with Crippen molar-refractivity contribution in [2.24, 2.45) is 0 Å². The van der Waals surface area contributed by atoms with Crippen molar-refractivity contribution in [3.63, 3.8) is 0 Å². The Labute approximate surface area is 167 Å². The minimum absolute atomic E-state index is 0.0441. The molecule has 28 heavy (non-hydrogen) atoms. The third-order valence-corrected chi connectivity index (χ3v) is 5.97. The van der Waals surface area contributed by atoms with Crippen molar-refractivity contribution in [2.45, 2.75) is 56.7 Å². The molecule has 0 aromatic carbocycles. The summed E-state index contributed by atoms with van der Waals surface area (Å²) in [5.74, 6) is -0.0270. The number of rotatable bonds is 8. The first-order valence-electron chi connectivity index (χ1n) is 10.1. The van der Waals surface area contributed by atoms with Gasteiger partial charge in [-0.25, -0.2) is 0 Å². The summed E-state index contributed by atoms with van der Waals surface area (Å²) >= 11 is 0. The average Bonchev–Trinajstić information content (AvgIpc) is 3.18. The second kappa shape index (κ2) is 9.24. The molecule has 3 rings (SSSR count). The molecule has 2 saturated heterocycles. The number of nitrogens with zero attached hydrogens (tertiary/aromatic N) is 2. The van der Waals surface area contributed by atoms with Crippen LogP contribution < -0.4 is 5.32 Å². The van der Waals surface area contributed by atoms with E-state index >= 15 is 0 Å². The molecule has 1 N–H and O–H groups in total. The Balaban J connectivity index is 1.76. The molecule has 0 bridgehead atoms. The quantitative estimate of drug-likeness (QED) is 0.699. The number of nitrogens with one attached hydrogen (secondary N) is 1. The van der Waals surface area contributed by atoms with Crippen LogP contribution in [0, 0.1) is 0 Å². The summed E-state index contributed by atoms with van der Waals surface area (Å²) in [6.45, 7) is 10.5. The van der Waals surface area contributed by atoms with Gasteiger partial charge in [-0.1, -0.05) is 12.2 Å². The lowest BCUT2D eigenvalue weighted by atomic mass is 9.80. The zero-order chi connectivity index (χ0) is 20.0. The molecule has 1 aromatic heterocycles. The van der Waals surface area contributed by atoms with Gasteiger partial charge >= 0.3 is 0 Å². The number of hydrogen-bond acceptors (Lipinski definition) is 4. The van der Waals surface area contributed by atoms with Crippen LogP contribution in [0.25, 0.3) is 0 Å². The molecule has 2 aliphatic heterocycles. The topological polar surface area (TPSA) is 65.8 Å². The second-order valence-electron chi connectivity index (χ2n) is 7.83. The van der Waals surface area contributed by atoms with Crippen LogP contribution in [-0.2, 0) is 16.1 Å². The van der Waals surface area contributed by atoms with Crippen molar-refractivity contribution in [1.29, 1.82) is 0 Å². The third kappa shape index (κ3) is 4.38. The smallest absolute Gasteiger partial charge is 0.237 e. The van der Waals surface area contributed by atoms with E-state index in [9.17, 15) is 9.59 Å². The highest BCUT2D eigenvalue weighted by Crippen LogP contribution is 2.36. The Morgan fingerprint density at radius 2 is 2.07 bits per heavy atom. The molecule has 2 aliphatic rings. The van der Waals surface area contributed by atoms with E-state index in [1.165, 1.54) is 0 Å². The van der Waals surface area contributed by atoms with Gasteiger partial charge in [-0.05, 0) is 38.2 Å². The van der Waals surface area contributed by atoms with Crippen LogP contribution in [0.5, 0.6) is 0 Å². The van der Waals surface area contributed by atoms with Gasteiger partial charge in [0.25, 0.3) is 0 Å². The van der Waals surface area contributed by atoms with E-state index < -0.39 is 6.04 Å². The van der Waals surface area contributed by atoms with Gasteiger partial charge in [-0.3, -0.25) is 14.5 Å². The molecular weight excluding hydrogens is 354 g/mol. The highest BCUT2D eigenvalue weighted by atomic mass is 16.3. The fourth-order valence-electron chi connectivity index (χ4n) is 4.60. The van der Waals surface area contributed by atoms with Crippen molar-refractivity contribution < 1.29 is 14.0 Å². The molecule has 1 unspecified atom stereocenters. The first kappa shape index (κ1) is 20.4. The predicted molar refractivity (Wildman–Crippen MR) is 108 cm³/mol. The first-order valence-corrected chi connectivity index (χ1v) is 10.1. The largest absolute Gasteiger partial charge is 0.472 e. The number of hydrogen-bond donors (Lipinski definition) is 1. The van der Waals surface area contributed by atoms with Gasteiger partial charge in [0.2, 0.25) is 11.8 Å². The third-order valence-electron chi connectivity index (χ3n) is 5.97. The monoisotopic (exact) mass is 385 g/mol. The minimum atomic E-state index is -0.455. The van der Waals surface area contributed by atoms with E-state index in [2.05, 4.69) is 23.4 Å². The number of carbonyl (C=O) groups is 2. The summed E-state index contributed by atoms with van der Waals surface area (Å²) in [6, 6.07) is 1.44. The standard InChI is InChI=1S/C22H31N3O3/c1-3-8-22(9-4-2)10-5-6-12-25(22)20(26)15-19-21(27)23-11-13-24(19)16-18-7-14-28-17-18/h3-4,7,14,17,19H,1-2,5-6,8-13,15-16H2,(H,23,27). The van der Waals surface area contributed by atoms with Crippen molar-refractivity contribution in [2.75, 3.05) is 19.6 Å². The normalized spacial score (nSPS) is 22.5. The number of piperidine rings is 1. The number of furan rings is 1. The Kier molecular flexibility index (Phi) is 6.73. The molecule has 1 aromatic rings. The van der Waals surface area contributed by atoms with Crippen molar-refractivity contribution in [3.05, 3.63) is 49.5 Å². The fraction of sp³-hybridized carbons (Fsp3) is 0.545. The molecule has 2 fully saturated rings. The number of piperazine rings is 1. The predicted octanol–water partition coefficient (Wildman–Crippen LogP) is 2.87. The van der Waals surface area contributed by atoms with Crippen LogP contribution in [-0.4, -0.2) is 52.8 Å². The van der Waals surface area contributed by atoms with Gasteiger partial charge < -0.3 is 14.6 Å². The number of amides is 2. The minimum Gasteiger partial charge on any atom is -0.472 e. The van der Waals surface area contributed by atoms with E-state index in [1.54, 1.807) is 12.5 Å². The van der Waals surface area contributed by atoms with Crippen LogP contribution >= 0.6 is 0 Å². The lowest BCUT2D eigenvalue weighted by molar-refractivity contribution is -0.145. The van der Waals surface area contributed by atoms with Crippen LogP contribution in [0.2, 0.25) is 0 Å². The molecule has 6 nitrogen and oxygen atoms in total. The summed E-state index contributed by atoms with van der Waals surface area (Å²) in [7, 11) is 0. The van der Waals surface area contributed by atoms with E-state index in [1.807, 2.05) is 23.1 Å². The maximum atomic E-state index is 13.4. The van der Waals surface area contributed by atoms with Crippen molar-refractivity contribution in [3.8, 4) is 0 Å². The fourth-order valence-corrected chi connectivity index (χ4v) is 4.60. The second-order valence-corrected chi connectivity index (χ2v) is 7.83. The Hall–Kier alpha value is -2.34. The SMILES string of the molecule is C=CCC1(CC=C)CCCCN1C(=O)CC1C(=O)NCCN1Cc1ccoc1. The Morgan fingerprint density at radius 1 is 1.29 bits per heavy atom. The lowest BCUT2D eigenvalue weighted by Crippen LogP contribution is -2.59. The molecule has 2 amide bonds. The van der Waals surface area contributed by atoms with Crippen molar-refractivity contribution in [1.82, 2.24) is 15.1 Å². The Bertz CT molecular complexity index is 688. The number of carbonyl (C=O) groups excluding carboxylic acids is 2.